The molecule has 0 spiro atoms. The van der Waals surface area contributed by atoms with E-state index >= 15 is 0 Å². The van der Waals surface area contributed by atoms with Gasteiger partial charge in [-0.05, 0) is 68.3 Å². The number of nitrogens with zero attached hydrogens (tertiary/aromatic N) is 2. The summed E-state index contributed by atoms with van der Waals surface area (Å²) in [6, 6.07) is 19.3. The number of ether oxygens (including phenoxy) is 1. The summed E-state index contributed by atoms with van der Waals surface area (Å²) in [6.45, 7) is 2.09. The Labute approximate surface area is 216 Å². The molecule has 0 radical (unpaired) electrons. The van der Waals surface area contributed by atoms with Crippen molar-refractivity contribution in [3.05, 3.63) is 89.5 Å². The number of benzene rings is 3. The topological polar surface area (TPSA) is 101 Å². The first-order valence-corrected chi connectivity index (χ1v) is 13.4. The van der Waals surface area contributed by atoms with Crippen LogP contribution in [0.5, 0.6) is 5.75 Å². The molecule has 0 saturated carbocycles. The number of hydrogen-bond donors (Lipinski definition) is 0. The minimum atomic E-state index is -4.15. The van der Waals surface area contributed by atoms with E-state index in [1.807, 2.05) is 6.92 Å². The van der Waals surface area contributed by atoms with Crippen molar-refractivity contribution in [3.8, 4) is 5.75 Å². The minimum Gasteiger partial charge on any atom is -0.497 e. The molecule has 0 atom stereocenters. The van der Waals surface area contributed by atoms with Crippen molar-refractivity contribution in [1.29, 1.82) is 0 Å². The number of methoxy groups -OCH3 is 1. The number of carbonyl (C=O) groups excluding carboxylic acids is 3. The van der Waals surface area contributed by atoms with Crippen molar-refractivity contribution in [1.82, 2.24) is 4.90 Å². The van der Waals surface area contributed by atoms with Gasteiger partial charge in [-0.15, -0.1) is 0 Å². The third-order valence-electron chi connectivity index (χ3n) is 6.24. The summed E-state index contributed by atoms with van der Waals surface area (Å²) in [4.78, 5) is 39.5. The molecule has 0 aromatic heterocycles. The first-order valence-electron chi connectivity index (χ1n) is 12.0. The lowest BCUT2D eigenvalue weighted by atomic mass is 10.1. The van der Waals surface area contributed by atoms with Crippen LogP contribution < -0.4 is 9.04 Å². The highest BCUT2D eigenvalue weighted by atomic mass is 32.2. The van der Waals surface area contributed by atoms with E-state index in [4.69, 9.17) is 4.74 Å². The van der Waals surface area contributed by atoms with Gasteiger partial charge in [0.15, 0.2) is 0 Å². The van der Waals surface area contributed by atoms with Crippen LogP contribution >= 0.6 is 0 Å². The van der Waals surface area contributed by atoms with Gasteiger partial charge in [-0.2, -0.15) is 0 Å². The Morgan fingerprint density at radius 1 is 0.838 bits per heavy atom. The van der Waals surface area contributed by atoms with E-state index in [0.717, 1.165) is 9.87 Å². The third-order valence-corrected chi connectivity index (χ3v) is 8.01. The Morgan fingerprint density at radius 2 is 1.43 bits per heavy atom. The highest BCUT2D eigenvalue weighted by molar-refractivity contribution is 7.93. The summed E-state index contributed by atoms with van der Waals surface area (Å²) in [5, 5.41) is 0. The molecule has 0 saturated heterocycles. The lowest BCUT2D eigenvalue weighted by molar-refractivity contribution is -0.117. The van der Waals surface area contributed by atoms with Gasteiger partial charge >= 0.3 is 0 Å². The second-order valence-electron chi connectivity index (χ2n) is 8.79. The molecule has 0 unspecified atom stereocenters. The SMILES string of the molecule is COc1ccc(N(C(=O)CCCCCN2C(=O)c3ccccc3C2=O)S(=O)(=O)c2ccc(C)cc2)cc1. The predicted octanol–water partition coefficient (Wildman–Crippen LogP) is 4.58. The van der Waals surface area contributed by atoms with Crippen molar-refractivity contribution >= 4 is 33.4 Å². The maximum absolute atomic E-state index is 13.5. The van der Waals surface area contributed by atoms with Gasteiger partial charge < -0.3 is 4.74 Å². The first-order chi connectivity index (χ1) is 17.7. The number of aryl methyl sites for hydroxylation is 1. The molecule has 0 bridgehead atoms. The summed E-state index contributed by atoms with van der Waals surface area (Å²) < 4.78 is 32.9. The molecule has 1 heterocycles. The number of carbonyl (C=O) groups is 3. The van der Waals surface area contributed by atoms with E-state index in [-0.39, 0.29) is 35.4 Å². The fraction of sp³-hybridized carbons (Fsp3) is 0.250. The van der Waals surface area contributed by atoms with Crippen molar-refractivity contribution in [2.24, 2.45) is 0 Å². The van der Waals surface area contributed by atoms with Gasteiger partial charge in [0.25, 0.3) is 21.8 Å². The zero-order valence-electron chi connectivity index (χ0n) is 20.7. The molecule has 1 aliphatic heterocycles. The zero-order chi connectivity index (χ0) is 26.6. The molecule has 8 nitrogen and oxygen atoms in total. The molecule has 192 valence electrons. The highest BCUT2D eigenvalue weighted by Gasteiger charge is 2.34. The van der Waals surface area contributed by atoms with Gasteiger partial charge in [-0.1, -0.05) is 36.2 Å². The number of anilines is 1. The molecule has 0 fully saturated rings. The van der Waals surface area contributed by atoms with Crippen molar-refractivity contribution < 1.29 is 27.5 Å². The van der Waals surface area contributed by atoms with E-state index in [1.165, 1.54) is 36.3 Å². The molecular formula is C28H28N2O6S. The molecular weight excluding hydrogens is 492 g/mol. The summed E-state index contributed by atoms with van der Waals surface area (Å²) >= 11 is 0. The maximum atomic E-state index is 13.5. The molecule has 3 aromatic rings. The molecule has 3 amide bonds. The lowest BCUT2D eigenvalue weighted by Gasteiger charge is -2.23. The number of unbranched alkanes of at least 4 members (excludes halogenated alkanes) is 2. The van der Waals surface area contributed by atoms with Crippen LogP contribution in [0.4, 0.5) is 5.69 Å². The fourth-order valence-corrected chi connectivity index (χ4v) is 5.67. The average molecular weight is 521 g/mol. The van der Waals surface area contributed by atoms with E-state index < -0.39 is 15.9 Å². The average Bonchev–Trinajstić information content (AvgIpc) is 3.14. The Hall–Kier alpha value is -3.98. The van der Waals surface area contributed by atoms with E-state index in [0.29, 0.717) is 36.1 Å². The number of imide groups is 1. The van der Waals surface area contributed by atoms with E-state index in [2.05, 4.69) is 0 Å². The number of fused-ring (bicyclic) bond motifs is 1. The Balaban J connectivity index is 1.42. The minimum absolute atomic E-state index is 0.0146. The van der Waals surface area contributed by atoms with Crippen LogP contribution in [0, 0.1) is 6.92 Å². The van der Waals surface area contributed by atoms with Gasteiger partial charge in [-0.25, -0.2) is 12.7 Å². The van der Waals surface area contributed by atoms with Crippen LogP contribution in [-0.4, -0.2) is 44.7 Å². The monoisotopic (exact) mass is 520 g/mol. The molecule has 0 aliphatic carbocycles. The molecule has 1 aliphatic rings. The van der Waals surface area contributed by atoms with Crippen LogP contribution in [0.25, 0.3) is 0 Å². The second-order valence-corrected chi connectivity index (χ2v) is 10.6. The second kappa shape index (κ2) is 11.0. The molecule has 0 N–H and O–H groups in total. The Kier molecular flexibility index (Phi) is 7.73. The number of sulfonamides is 1. The van der Waals surface area contributed by atoms with Crippen molar-refractivity contribution in [2.45, 2.75) is 37.5 Å². The normalized spacial score (nSPS) is 13.0. The molecule has 3 aromatic carbocycles. The van der Waals surface area contributed by atoms with Crippen LogP contribution in [0.1, 0.15) is 52.0 Å². The zero-order valence-corrected chi connectivity index (χ0v) is 21.5. The quantitative estimate of drug-likeness (QED) is 0.286. The van der Waals surface area contributed by atoms with Crippen LogP contribution in [0.3, 0.4) is 0 Å². The van der Waals surface area contributed by atoms with Gasteiger partial charge in [-0.3, -0.25) is 19.3 Å². The smallest absolute Gasteiger partial charge is 0.270 e. The van der Waals surface area contributed by atoms with Crippen LogP contribution in [-0.2, 0) is 14.8 Å². The molecule has 37 heavy (non-hydrogen) atoms. The lowest BCUT2D eigenvalue weighted by Crippen LogP contribution is -2.37. The number of amides is 3. The summed E-state index contributed by atoms with van der Waals surface area (Å²) in [7, 11) is -2.64. The van der Waals surface area contributed by atoms with Gasteiger partial charge in [0.1, 0.15) is 5.75 Å². The largest absolute Gasteiger partial charge is 0.497 e. The van der Waals surface area contributed by atoms with Crippen molar-refractivity contribution in [3.63, 3.8) is 0 Å². The number of hydrogen-bond acceptors (Lipinski definition) is 6. The third kappa shape index (κ3) is 5.41. The highest BCUT2D eigenvalue weighted by Crippen LogP contribution is 2.28. The van der Waals surface area contributed by atoms with E-state index in [9.17, 15) is 22.8 Å². The Bertz CT molecular complexity index is 1380. The Morgan fingerprint density at radius 3 is 2.00 bits per heavy atom. The van der Waals surface area contributed by atoms with E-state index in [1.54, 1.807) is 48.5 Å². The van der Waals surface area contributed by atoms with Crippen LogP contribution in [0.15, 0.2) is 77.7 Å². The summed E-state index contributed by atoms with van der Waals surface area (Å²) in [5.41, 5.74) is 1.93. The summed E-state index contributed by atoms with van der Waals surface area (Å²) in [5.74, 6) is -0.651. The van der Waals surface area contributed by atoms with Gasteiger partial charge in [0.05, 0.1) is 28.8 Å². The van der Waals surface area contributed by atoms with Gasteiger partial charge in [0.2, 0.25) is 5.91 Å². The summed E-state index contributed by atoms with van der Waals surface area (Å²) in [6.07, 6.45) is 1.43. The first kappa shape index (κ1) is 26.1. The number of rotatable bonds is 10. The maximum Gasteiger partial charge on any atom is 0.270 e. The van der Waals surface area contributed by atoms with Crippen LogP contribution in [0.2, 0.25) is 0 Å². The predicted molar refractivity (Wildman–Crippen MR) is 139 cm³/mol. The molecule has 9 heteroatoms. The molecule has 4 rings (SSSR count). The van der Waals surface area contributed by atoms with Crippen molar-refractivity contribution in [2.75, 3.05) is 18.0 Å². The van der Waals surface area contributed by atoms with Gasteiger partial charge in [0, 0.05) is 13.0 Å². The standard InChI is InChI=1S/C28H28N2O6S/c1-20-11-17-23(18-12-20)37(34,35)30(21-13-15-22(36-2)16-14-21)26(31)10-4-3-7-19-29-27(32)24-8-5-6-9-25(24)28(29)33/h5-6,8-9,11-18H,3-4,7,10,19H2,1-2H3. The fourth-order valence-electron chi connectivity index (χ4n) is 4.22.